The van der Waals surface area contributed by atoms with Gasteiger partial charge >= 0.3 is 0 Å². The van der Waals surface area contributed by atoms with Gasteiger partial charge < -0.3 is 19.1 Å². The van der Waals surface area contributed by atoms with E-state index < -0.39 is 0 Å². The van der Waals surface area contributed by atoms with Crippen molar-refractivity contribution < 1.29 is 19.0 Å². The second-order valence-electron chi connectivity index (χ2n) is 7.84. The van der Waals surface area contributed by atoms with E-state index in [4.69, 9.17) is 14.2 Å². The van der Waals surface area contributed by atoms with Crippen LogP contribution in [0.5, 0.6) is 17.2 Å². The van der Waals surface area contributed by atoms with E-state index in [-0.39, 0.29) is 5.91 Å². The number of benzene rings is 1. The number of H-pyrrole nitrogens is 1. The maximum absolute atomic E-state index is 13.2. The molecular formula is C23H24N6O4. The molecule has 0 aliphatic carbocycles. The molecule has 0 saturated heterocycles. The Hall–Kier alpha value is -4.08. The summed E-state index contributed by atoms with van der Waals surface area (Å²) in [6, 6.07) is 7.28. The zero-order chi connectivity index (χ0) is 23.1. The number of amides is 1. The van der Waals surface area contributed by atoms with Gasteiger partial charge in [0.15, 0.2) is 17.1 Å². The summed E-state index contributed by atoms with van der Waals surface area (Å²) in [6.07, 6.45) is 2.54. The second-order valence-corrected chi connectivity index (χ2v) is 7.84. The molecule has 0 fully saturated rings. The lowest BCUT2D eigenvalue weighted by molar-refractivity contribution is 0.0726. The molecule has 10 nitrogen and oxygen atoms in total. The molecule has 4 heterocycles. The van der Waals surface area contributed by atoms with Gasteiger partial charge in [0.1, 0.15) is 5.69 Å². The number of aromatic amines is 1. The topological polar surface area (TPSA) is 107 Å². The molecule has 3 aromatic heterocycles. The van der Waals surface area contributed by atoms with Gasteiger partial charge in [-0.1, -0.05) is 0 Å². The maximum atomic E-state index is 13.2. The van der Waals surface area contributed by atoms with Crippen LogP contribution in [-0.2, 0) is 13.0 Å². The van der Waals surface area contributed by atoms with Crippen LogP contribution < -0.4 is 14.2 Å². The Morgan fingerprint density at radius 2 is 1.82 bits per heavy atom. The van der Waals surface area contributed by atoms with E-state index in [1.165, 1.54) is 0 Å². The molecule has 170 valence electrons. The maximum Gasteiger partial charge on any atom is 0.272 e. The summed E-state index contributed by atoms with van der Waals surface area (Å²) in [6.45, 7) is 3.00. The van der Waals surface area contributed by atoms with Crippen LogP contribution in [0, 0.1) is 6.92 Å². The third-order valence-electron chi connectivity index (χ3n) is 5.83. The lowest BCUT2D eigenvalue weighted by Gasteiger charge is -2.28. The van der Waals surface area contributed by atoms with Crippen LogP contribution in [0.2, 0.25) is 0 Å². The van der Waals surface area contributed by atoms with Crippen LogP contribution in [0.4, 0.5) is 0 Å². The molecule has 1 aliphatic heterocycles. The molecule has 0 bridgehead atoms. The normalized spacial score (nSPS) is 13.2. The highest BCUT2D eigenvalue weighted by molar-refractivity contribution is 5.93. The molecule has 5 rings (SSSR count). The smallest absolute Gasteiger partial charge is 0.272 e. The average molecular weight is 448 g/mol. The monoisotopic (exact) mass is 448 g/mol. The van der Waals surface area contributed by atoms with Crippen molar-refractivity contribution in [3.8, 4) is 28.5 Å². The molecular weight excluding hydrogens is 424 g/mol. The number of ether oxygens (including phenoxy) is 3. The van der Waals surface area contributed by atoms with Gasteiger partial charge in [0, 0.05) is 42.9 Å². The van der Waals surface area contributed by atoms with Crippen molar-refractivity contribution in [2.45, 2.75) is 19.9 Å². The van der Waals surface area contributed by atoms with E-state index in [2.05, 4.69) is 20.3 Å². The Labute approximate surface area is 190 Å². The minimum Gasteiger partial charge on any atom is -0.493 e. The molecule has 0 unspecified atom stereocenters. The van der Waals surface area contributed by atoms with Gasteiger partial charge in [-0.15, -0.1) is 0 Å². The highest BCUT2D eigenvalue weighted by Gasteiger charge is 2.26. The van der Waals surface area contributed by atoms with Gasteiger partial charge in [-0.3, -0.25) is 9.89 Å². The first kappa shape index (κ1) is 20.8. The number of aromatic nitrogens is 5. The molecule has 0 atom stereocenters. The third-order valence-corrected chi connectivity index (χ3v) is 5.83. The average Bonchev–Trinajstić information content (AvgIpc) is 3.48. The second kappa shape index (κ2) is 8.12. The lowest BCUT2D eigenvalue weighted by atomic mass is 10.1. The Balaban J connectivity index is 1.41. The quantitative estimate of drug-likeness (QED) is 0.500. The van der Waals surface area contributed by atoms with E-state index in [0.717, 1.165) is 28.2 Å². The Morgan fingerprint density at radius 3 is 2.52 bits per heavy atom. The van der Waals surface area contributed by atoms with Crippen molar-refractivity contribution in [3.63, 3.8) is 0 Å². The number of hydrogen-bond acceptors (Lipinski definition) is 7. The Kier molecular flexibility index (Phi) is 5.12. The van der Waals surface area contributed by atoms with Gasteiger partial charge in [0.25, 0.3) is 5.91 Å². The van der Waals surface area contributed by atoms with Crippen molar-refractivity contribution >= 4 is 11.6 Å². The largest absolute Gasteiger partial charge is 0.493 e. The van der Waals surface area contributed by atoms with Crippen LogP contribution in [0.3, 0.4) is 0 Å². The van der Waals surface area contributed by atoms with Gasteiger partial charge in [0.2, 0.25) is 5.75 Å². The predicted octanol–water partition coefficient (Wildman–Crippen LogP) is 2.65. The number of fused-ring (bicyclic) bond motifs is 3. The molecule has 1 amide bonds. The fraction of sp³-hybridized carbons (Fsp3) is 0.304. The van der Waals surface area contributed by atoms with E-state index in [9.17, 15) is 4.79 Å². The van der Waals surface area contributed by atoms with Crippen molar-refractivity contribution in [3.05, 3.63) is 53.1 Å². The van der Waals surface area contributed by atoms with Gasteiger partial charge in [-0.05, 0) is 25.1 Å². The highest BCUT2D eigenvalue weighted by atomic mass is 16.5. The summed E-state index contributed by atoms with van der Waals surface area (Å²) < 4.78 is 18.1. The van der Waals surface area contributed by atoms with E-state index in [1.807, 2.05) is 23.7 Å². The summed E-state index contributed by atoms with van der Waals surface area (Å²) in [5.74, 6) is 1.41. The SMILES string of the molecule is COc1cc(-c2cc(C(=O)N3CCc4c(cnc5cc(C)nn45)C3)[nH]n2)cc(OC)c1OC. The van der Waals surface area contributed by atoms with Crippen molar-refractivity contribution in [2.75, 3.05) is 27.9 Å². The molecule has 1 aliphatic rings. The summed E-state index contributed by atoms with van der Waals surface area (Å²) in [7, 11) is 4.67. The number of hydrogen-bond donors (Lipinski definition) is 1. The lowest BCUT2D eigenvalue weighted by Crippen LogP contribution is -2.37. The molecule has 1 N–H and O–H groups in total. The zero-order valence-electron chi connectivity index (χ0n) is 18.9. The Bertz CT molecular complexity index is 1330. The number of nitrogens with zero attached hydrogens (tertiary/aromatic N) is 5. The van der Waals surface area contributed by atoms with E-state index in [0.29, 0.717) is 48.1 Å². The molecule has 0 radical (unpaired) electrons. The molecule has 0 spiro atoms. The fourth-order valence-corrected chi connectivity index (χ4v) is 4.21. The number of methoxy groups -OCH3 is 3. The summed E-state index contributed by atoms with van der Waals surface area (Å²) in [5.41, 5.74) is 5.59. The molecule has 1 aromatic carbocycles. The first-order chi connectivity index (χ1) is 16.0. The van der Waals surface area contributed by atoms with Crippen molar-refractivity contribution in [2.24, 2.45) is 0 Å². The van der Waals surface area contributed by atoms with E-state index >= 15 is 0 Å². The van der Waals surface area contributed by atoms with Crippen LogP contribution in [0.25, 0.3) is 16.9 Å². The molecule has 33 heavy (non-hydrogen) atoms. The van der Waals surface area contributed by atoms with Crippen molar-refractivity contribution in [1.29, 1.82) is 0 Å². The number of rotatable bonds is 5. The minimum atomic E-state index is -0.122. The fourth-order valence-electron chi connectivity index (χ4n) is 4.21. The predicted molar refractivity (Wildman–Crippen MR) is 120 cm³/mol. The highest BCUT2D eigenvalue weighted by Crippen LogP contribution is 2.40. The standard InChI is InChI=1S/C23H24N6O4/c1-13-7-21-24-11-15-12-28(6-5-18(15)29(21)27-13)23(30)17-10-16(25-26-17)14-8-19(31-2)22(33-4)20(9-14)32-3/h7-11H,5-6,12H2,1-4H3,(H,25,26). The summed E-state index contributed by atoms with van der Waals surface area (Å²) in [5, 5.41) is 11.8. The zero-order valence-corrected chi connectivity index (χ0v) is 18.9. The molecule has 4 aromatic rings. The van der Waals surface area contributed by atoms with Crippen molar-refractivity contribution in [1.82, 2.24) is 29.7 Å². The van der Waals surface area contributed by atoms with Crippen LogP contribution >= 0.6 is 0 Å². The molecule has 0 saturated carbocycles. The van der Waals surface area contributed by atoms with Crippen LogP contribution in [-0.4, -0.2) is 63.5 Å². The Morgan fingerprint density at radius 1 is 1.06 bits per heavy atom. The van der Waals surface area contributed by atoms with Gasteiger partial charge in [-0.25, -0.2) is 9.50 Å². The third kappa shape index (κ3) is 3.53. The number of nitrogens with one attached hydrogen (secondary N) is 1. The number of carbonyl (C=O) groups is 1. The first-order valence-electron chi connectivity index (χ1n) is 10.5. The van der Waals surface area contributed by atoms with Crippen LogP contribution in [0.15, 0.2) is 30.5 Å². The first-order valence-corrected chi connectivity index (χ1v) is 10.5. The number of carbonyl (C=O) groups excluding carboxylic acids is 1. The summed E-state index contributed by atoms with van der Waals surface area (Å²) >= 11 is 0. The van der Waals surface area contributed by atoms with Gasteiger partial charge in [-0.2, -0.15) is 10.2 Å². The van der Waals surface area contributed by atoms with Gasteiger partial charge in [0.05, 0.1) is 38.4 Å². The van der Waals surface area contributed by atoms with E-state index in [1.54, 1.807) is 44.4 Å². The van der Waals surface area contributed by atoms with Crippen LogP contribution in [0.1, 0.15) is 27.4 Å². The minimum absolute atomic E-state index is 0.122. The summed E-state index contributed by atoms with van der Waals surface area (Å²) in [4.78, 5) is 19.5. The number of aryl methyl sites for hydroxylation is 1. The molecule has 10 heteroatoms.